The molecule has 2 saturated heterocycles. The Labute approximate surface area is 117 Å². The molecule has 0 aromatic rings. The van der Waals surface area contributed by atoms with Crippen LogP contribution >= 0.6 is 0 Å². The van der Waals surface area contributed by atoms with Gasteiger partial charge in [0.25, 0.3) is 0 Å². The van der Waals surface area contributed by atoms with Gasteiger partial charge in [0.2, 0.25) is 0 Å². The molecule has 0 aliphatic carbocycles. The number of ether oxygens (including phenoxy) is 3. The average Bonchev–Trinajstić information content (AvgIpc) is 2.79. The first-order chi connectivity index (χ1) is 9.31. The van der Waals surface area contributed by atoms with Gasteiger partial charge in [-0.25, -0.2) is 0 Å². The maximum atomic E-state index is 5.91. The van der Waals surface area contributed by atoms with Gasteiger partial charge in [-0.15, -0.1) is 0 Å². The van der Waals surface area contributed by atoms with E-state index in [2.05, 4.69) is 13.5 Å². The van der Waals surface area contributed by atoms with Gasteiger partial charge in [0, 0.05) is 12.5 Å². The van der Waals surface area contributed by atoms with Crippen molar-refractivity contribution >= 4 is 0 Å². The molecule has 0 N–H and O–H groups in total. The maximum Gasteiger partial charge on any atom is 0.157 e. The molecular weight excluding hydrogens is 240 g/mol. The normalized spacial score (nSPS) is 31.8. The second kappa shape index (κ2) is 8.03. The highest BCUT2D eigenvalue weighted by molar-refractivity contribution is 5.09. The molecule has 3 heteroatoms. The van der Waals surface area contributed by atoms with E-state index in [4.69, 9.17) is 14.2 Å². The Hall–Kier alpha value is -0.380. The van der Waals surface area contributed by atoms with E-state index in [1.165, 1.54) is 37.7 Å². The topological polar surface area (TPSA) is 27.7 Å². The van der Waals surface area contributed by atoms with Gasteiger partial charge in [0.05, 0.1) is 19.3 Å². The molecule has 0 amide bonds. The minimum atomic E-state index is -0.00144. The molecule has 2 aliphatic rings. The van der Waals surface area contributed by atoms with Crippen LogP contribution in [0.1, 0.15) is 51.9 Å². The van der Waals surface area contributed by atoms with E-state index in [0.29, 0.717) is 25.2 Å². The van der Waals surface area contributed by atoms with E-state index in [1.54, 1.807) is 0 Å². The van der Waals surface area contributed by atoms with Crippen molar-refractivity contribution in [1.29, 1.82) is 0 Å². The van der Waals surface area contributed by atoms with Crippen LogP contribution in [0, 0.1) is 5.92 Å². The minimum absolute atomic E-state index is 0.00144. The van der Waals surface area contributed by atoms with Crippen LogP contribution in [0.5, 0.6) is 0 Å². The van der Waals surface area contributed by atoms with E-state index in [-0.39, 0.29) is 6.29 Å². The Bertz CT molecular complexity index is 271. The van der Waals surface area contributed by atoms with Crippen LogP contribution in [0.25, 0.3) is 0 Å². The van der Waals surface area contributed by atoms with E-state index in [0.717, 1.165) is 19.4 Å². The Balaban J connectivity index is 1.73. The van der Waals surface area contributed by atoms with Crippen molar-refractivity contribution in [2.24, 2.45) is 5.92 Å². The Morgan fingerprint density at radius 3 is 2.89 bits per heavy atom. The van der Waals surface area contributed by atoms with E-state index in [1.807, 2.05) is 0 Å². The molecule has 3 atom stereocenters. The van der Waals surface area contributed by atoms with E-state index >= 15 is 0 Å². The first-order valence-electron chi connectivity index (χ1n) is 7.83. The summed E-state index contributed by atoms with van der Waals surface area (Å²) in [5.41, 5.74) is 1.19. The first kappa shape index (κ1) is 15.0. The molecule has 2 fully saturated rings. The zero-order valence-electron chi connectivity index (χ0n) is 12.2. The molecule has 0 saturated carbocycles. The summed E-state index contributed by atoms with van der Waals surface area (Å²) in [4.78, 5) is 0. The third kappa shape index (κ3) is 4.59. The highest BCUT2D eigenvalue weighted by atomic mass is 16.7. The zero-order chi connectivity index (χ0) is 13.5. The fourth-order valence-electron chi connectivity index (χ4n) is 2.86. The van der Waals surface area contributed by atoms with Crippen LogP contribution in [0.4, 0.5) is 0 Å². The second-order valence-electron chi connectivity index (χ2n) is 5.74. The van der Waals surface area contributed by atoms with Gasteiger partial charge in [-0.1, -0.05) is 32.8 Å². The van der Waals surface area contributed by atoms with Crippen LogP contribution < -0.4 is 0 Å². The lowest BCUT2D eigenvalue weighted by Crippen LogP contribution is -2.28. The molecule has 110 valence electrons. The fraction of sp³-hybridized carbons (Fsp3) is 0.875. The average molecular weight is 268 g/mol. The molecule has 3 unspecified atom stereocenters. The predicted octanol–water partition coefficient (Wildman–Crippen LogP) is 3.68. The number of unbranched alkanes of at least 4 members (excludes halogenated alkanes) is 2. The van der Waals surface area contributed by atoms with Gasteiger partial charge in [0.1, 0.15) is 0 Å². The Morgan fingerprint density at radius 2 is 2.16 bits per heavy atom. The molecular formula is C16H28O3. The molecule has 2 rings (SSSR count). The van der Waals surface area contributed by atoms with Gasteiger partial charge in [-0.3, -0.25) is 0 Å². The van der Waals surface area contributed by atoms with Gasteiger partial charge >= 0.3 is 0 Å². The van der Waals surface area contributed by atoms with Crippen LogP contribution in [-0.4, -0.2) is 32.2 Å². The lowest BCUT2D eigenvalue weighted by molar-refractivity contribution is -0.170. The molecule has 2 heterocycles. The molecule has 0 spiro atoms. The monoisotopic (exact) mass is 268 g/mol. The summed E-state index contributed by atoms with van der Waals surface area (Å²) in [7, 11) is 0. The van der Waals surface area contributed by atoms with Crippen LogP contribution in [0.2, 0.25) is 0 Å². The summed E-state index contributed by atoms with van der Waals surface area (Å²) in [5.74, 6) is 0.363. The summed E-state index contributed by atoms with van der Waals surface area (Å²) in [6.45, 7) is 8.62. The van der Waals surface area contributed by atoms with E-state index in [9.17, 15) is 0 Å². The molecule has 19 heavy (non-hydrogen) atoms. The summed E-state index contributed by atoms with van der Waals surface area (Å²) >= 11 is 0. The van der Waals surface area contributed by atoms with E-state index < -0.39 is 0 Å². The SMILES string of the molecule is C=C1COC(CCCCC)C1COC1CCCCO1. The zero-order valence-corrected chi connectivity index (χ0v) is 12.2. The molecule has 0 radical (unpaired) electrons. The highest BCUT2D eigenvalue weighted by Gasteiger charge is 2.32. The Morgan fingerprint density at radius 1 is 1.26 bits per heavy atom. The summed E-state index contributed by atoms with van der Waals surface area (Å²) in [6.07, 6.45) is 8.63. The second-order valence-corrected chi connectivity index (χ2v) is 5.74. The van der Waals surface area contributed by atoms with Crippen molar-refractivity contribution < 1.29 is 14.2 Å². The Kier molecular flexibility index (Phi) is 6.35. The van der Waals surface area contributed by atoms with Crippen molar-refractivity contribution in [3.63, 3.8) is 0 Å². The standard InChI is InChI=1S/C16H28O3/c1-3-4-5-8-15-14(13(2)11-18-15)12-19-16-9-6-7-10-17-16/h14-16H,2-12H2,1H3. The predicted molar refractivity (Wildman–Crippen MR) is 76.1 cm³/mol. The summed E-state index contributed by atoms with van der Waals surface area (Å²) < 4.78 is 17.4. The van der Waals surface area contributed by atoms with Crippen molar-refractivity contribution in [2.45, 2.75) is 64.3 Å². The number of rotatable bonds is 7. The highest BCUT2D eigenvalue weighted by Crippen LogP contribution is 2.30. The third-order valence-electron chi connectivity index (χ3n) is 4.15. The van der Waals surface area contributed by atoms with Gasteiger partial charge < -0.3 is 14.2 Å². The molecule has 0 bridgehead atoms. The fourth-order valence-corrected chi connectivity index (χ4v) is 2.86. The first-order valence-corrected chi connectivity index (χ1v) is 7.83. The third-order valence-corrected chi connectivity index (χ3v) is 4.15. The van der Waals surface area contributed by atoms with Crippen molar-refractivity contribution in [3.05, 3.63) is 12.2 Å². The van der Waals surface area contributed by atoms with Crippen LogP contribution in [0.15, 0.2) is 12.2 Å². The van der Waals surface area contributed by atoms with Gasteiger partial charge in [-0.05, 0) is 31.3 Å². The maximum absolute atomic E-state index is 5.91. The smallest absolute Gasteiger partial charge is 0.157 e. The van der Waals surface area contributed by atoms with Crippen LogP contribution in [-0.2, 0) is 14.2 Å². The van der Waals surface area contributed by atoms with Crippen molar-refractivity contribution in [3.8, 4) is 0 Å². The van der Waals surface area contributed by atoms with Gasteiger partial charge in [-0.2, -0.15) is 0 Å². The van der Waals surface area contributed by atoms with Gasteiger partial charge in [0.15, 0.2) is 6.29 Å². The molecule has 0 aromatic carbocycles. The van der Waals surface area contributed by atoms with Crippen molar-refractivity contribution in [2.75, 3.05) is 19.8 Å². The lowest BCUT2D eigenvalue weighted by atomic mass is 9.94. The number of hydrogen-bond donors (Lipinski definition) is 0. The lowest BCUT2D eigenvalue weighted by Gasteiger charge is -2.26. The summed E-state index contributed by atoms with van der Waals surface area (Å²) in [6, 6.07) is 0. The quantitative estimate of drug-likeness (QED) is 0.521. The van der Waals surface area contributed by atoms with Crippen molar-refractivity contribution in [1.82, 2.24) is 0 Å². The molecule has 0 aromatic heterocycles. The summed E-state index contributed by atoms with van der Waals surface area (Å²) in [5, 5.41) is 0. The number of hydrogen-bond acceptors (Lipinski definition) is 3. The largest absolute Gasteiger partial charge is 0.373 e. The van der Waals surface area contributed by atoms with Crippen LogP contribution in [0.3, 0.4) is 0 Å². The molecule has 3 nitrogen and oxygen atoms in total. The molecule has 2 aliphatic heterocycles. The minimum Gasteiger partial charge on any atom is -0.373 e.